The minimum atomic E-state index is 0.438. The minimum absolute atomic E-state index is 0.438. The van der Waals surface area contributed by atoms with E-state index in [0.717, 1.165) is 48.8 Å². The molecule has 0 bridgehead atoms. The van der Waals surface area contributed by atoms with Gasteiger partial charge in [-0.25, -0.2) is 9.97 Å². The van der Waals surface area contributed by atoms with Crippen molar-refractivity contribution in [1.82, 2.24) is 19.8 Å². The number of para-hydroxylation sites is 1. The van der Waals surface area contributed by atoms with E-state index in [1.165, 1.54) is 0 Å². The van der Waals surface area contributed by atoms with E-state index in [4.69, 9.17) is 16.2 Å². The molecule has 8 heteroatoms. The third kappa shape index (κ3) is 5.06. The lowest BCUT2D eigenvalue weighted by molar-refractivity contribution is 0.128. The zero-order valence-corrected chi connectivity index (χ0v) is 17.7. The van der Waals surface area contributed by atoms with Gasteiger partial charge in [0, 0.05) is 50.0 Å². The highest BCUT2D eigenvalue weighted by molar-refractivity contribution is 7.99. The summed E-state index contributed by atoms with van der Waals surface area (Å²) in [5, 5.41) is 0.639. The van der Waals surface area contributed by atoms with Crippen LogP contribution in [0.15, 0.2) is 29.4 Å². The molecule has 1 aromatic carbocycles. The van der Waals surface area contributed by atoms with E-state index in [0.29, 0.717) is 29.3 Å². The van der Waals surface area contributed by atoms with Crippen molar-refractivity contribution in [3.8, 4) is 5.75 Å². The molecule has 28 heavy (non-hydrogen) atoms. The smallest absolute Gasteiger partial charge is 0.191 e. The molecule has 0 aliphatic carbocycles. The summed E-state index contributed by atoms with van der Waals surface area (Å²) in [4.78, 5) is 13.9. The van der Waals surface area contributed by atoms with Gasteiger partial charge in [-0.15, -0.1) is 0 Å². The maximum absolute atomic E-state index is 6.22. The van der Waals surface area contributed by atoms with Crippen LogP contribution >= 0.6 is 11.8 Å². The lowest BCUT2D eigenvalue weighted by Gasteiger charge is -2.36. The maximum Gasteiger partial charge on any atom is 0.191 e. The molecule has 4 N–H and O–H groups in total. The van der Waals surface area contributed by atoms with Crippen LogP contribution in [0.25, 0.3) is 0 Å². The third-order valence-corrected chi connectivity index (χ3v) is 6.32. The number of benzene rings is 1. The van der Waals surface area contributed by atoms with E-state index < -0.39 is 0 Å². The second kappa shape index (κ2) is 9.45. The monoisotopic (exact) mass is 402 g/mol. The average Bonchev–Trinajstić information content (AvgIpc) is 2.69. The van der Waals surface area contributed by atoms with Crippen LogP contribution in [0, 0.1) is 0 Å². The highest BCUT2D eigenvalue weighted by atomic mass is 32.2. The first kappa shape index (κ1) is 20.7. The van der Waals surface area contributed by atoms with Crippen LogP contribution in [-0.4, -0.2) is 71.9 Å². The van der Waals surface area contributed by atoms with E-state index >= 15 is 0 Å². The van der Waals surface area contributed by atoms with Crippen LogP contribution in [0.3, 0.4) is 0 Å². The molecule has 1 aliphatic heterocycles. The van der Waals surface area contributed by atoms with E-state index in [-0.39, 0.29) is 0 Å². The molecule has 1 fully saturated rings. The van der Waals surface area contributed by atoms with Crippen LogP contribution in [-0.2, 0) is 6.42 Å². The van der Waals surface area contributed by atoms with Crippen molar-refractivity contribution in [2.75, 3.05) is 57.6 Å². The molecule has 1 aliphatic rings. The van der Waals surface area contributed by atoms with Gasteiger partial charge < -0.3 is 21.1 Å². The zero-order valence-electron chi connectivity index (χ0n) is 16.9. The van der Waals surface area contributed by atoms with Crippen molar-refractivity contribution < 1.29 is 4.74 Å². The highest BCUT2D eigenvalue weighted by Crippen LogP contribution is 2.28. The summed E-state index contributed by atoms with van der Waals surface area (Å²) in [6.45, 7) is 6.68. The van der Waals surface area contributed by atoms with Crippen molar-refractivity contribution in [2.24, 2.45) is 0 Å². The molecule has 2 heterocycles. The number of piperazine rings is 1. The minimum Gasteiger partial charge on any atom is -0.496 e. The van der Waals surface area contributed by atoms with Crippen molar-refractivity contribution in [3.63, 3.8) is 0 Å². The predicted octanol–water partition coefficient (Wildman–Crippen LogP) is 1.97. The van der Waals surface area contributed by atoms with Crippen molar-refractivity contribution in [2.45, 2.75) is 24.5 Å². The quantitative estimate of drug-likeness (QED) is 0.536. The van der Waals surface area contributed by atoms with Gasteiger partial charge in [0.25, 0.3) is 0 Å². The molecule has 0 spiro atoms. The summed E-state index contributed by atoms with van der Waals surface area (Å²) < 4.78 is 5.42. The van der Waals surface area contributed by atoms with Gasteiger partial charge in [0.05, 0.1) is 7.11 Å². The summed E-state index contributed by atoms with van der Waals surface area (Å²) in [5.74, 6) is 2.59. The molecule has 1 aromatic heterocycles. The molecule has 7 nitrogen and oxygen atoms in total. The van der Waals surface area contributed by atoms with Crippen LogP contribution in [0.2, 0.25) is 0 Å². The van der Waals surface area contributed by atoms with Crippen molar-refractivity contribution >= 4 is 23.4 Å². The first-order chi connectivity index (χ1) is 13.5. The fourth-order valence-electron chi connectivity index (χ4n) is 3.35. The van der Waals surface area contributed by atoms with Gasteiger partial charge in [0.2, 0.25) is 0 Å². The van der Waals surface area contributed by atoms with E-state index in [1.807, 2.05) is 24.3 Å². The number of aromatic nitrogens is 2. The second-order valence-corrected chi connectivity index (χ2v) is 8.23. The first-order valence-corrected chi connectivity index (χ1v) is 10.6. The molecule has 0 radical (unpaired) electrons. The lowest BCUT2D eigenvalue weighted by Crippen LogP contribution is -2.48. The van der Waals surface area contributed by atoms with E-state index in [1.54, 1.807) is 18.9 Å². The molecular formula is C20H30N6OS. The van der Waals surface area contributed by atoms with Gasteiger partial charge in [-0.1, -0.05) is 30.0 Å². The first-order valence-electron chi connectivity index (χ1n) is 9.57. The van der Waals surface area contributed by atoms with Crippen molar-refractivity contribution in [3.05, 3.63) is 35.4 Å². The fraction of sp³-hybridized carbons (Fsp3) is 0.500. The largest absolute Gasteiger partial charge is 0.496 e. The van der Waals surface area contributed by atoms with Gasteiger partial charge in [-0.05, 0) is 25.6 Å². The lowest BCUT2D eigenvalue weighted by atomic mass is 10.1. The zero-order chi connectivity index (χ0) is 20.1. The number of rotatable bonds is 7. The Labute approximate surface area is 171 Å². The predicted molar refractivity (Wildman–Crippen MR) is 116 cm³/mol. The normalized spacial score (nSPS) is 16.8. The molecule has 1 unspecified atom stereocenters. The van der Waals surface area contributed by atoms with Crippen LogP contribution < -0.4 is 16.2 Å². The topological polar surface area (TPSA) is 93.5 Å². The molecule has 2 aromatic rings. The Kier molecular flexibility index (Phi) is 6.98. The Balaban J connectivity index is 1.65. The number of nitrogen functional groups attached to an aromatic ring is 2. The number of ether oxygens (including phenoxy) is 1. The van der Waals surface area contributed by atoms with Crippen LogP contribution in [0.5, 0.6) is 5.75 Å². The van der Waals surface area contributed by atoms with Crippen LogP contribution in [0.1, 0.15) is 18.1 Å². The highest BCUT2D eigenvalue weighted by Gasteiger charge is 2.20. The Morgan fingerprint density at radius 1 is 1.11 bits per heavy atom. The SMILES string of the molecule is COc1ccccc1Cc1c(N)nc(SCC(C)N2CCN(C)CC2)nc1N. The molecule has 1 atom stereocenters. The third-order valence-electron chi connectivity index (χ3n) is 5.23. The number of hydrogen-bond acceptors (Lipinski definition) is 8. The Morgan fingerprint density at radius 3 is 2.39 bits per heavy atom. The average molecular weight is 403 g/mol. The molecule has 0 saturated carbocycles. The number of hydrogen-bond donors (Lipinski definition) is 2. The number of thioether (sulfide) groups is 1. The van der Waals surface area contributed by atoms with Gasteiger partial charge in [0.15, 0.2) is 5.16 Å². The number of likely N-dealkylation sites (N-methyl/N-ethyl adjacent to an activating group) is 1. The molecule has 1 saturated heterocycles. The number of anilines is 2. The summed E-state index contributed by atoms with van der Waals surface area (Å²) in [7, 11) is 3.83. The Hall–Kier alpha value is -2.03. The second-order valence-electron chi connectivity index (χ2n) is 7.24. The maximum atomic E-state index is 6.22. The summed E-state index contributed by atoms with van der Waals surface area (Å²) in [5.41, 5.74) is 14.2. The number of methoxy groups -OCH3 is 1. The summed E-state index contributed by atoms with van der Waals surface area (Å²) in [6, 6.07) is 8.28. The van der Waals surface area contributed by atoms with E-state index in [2.05, 4.69) is 33.7 Å². The standard InChI is InChI=1S/C20H30N6OS/c1-14(26-10-8-25(2)9-11-26)13-28-20-23-18(21)16(19(22)24-20)12-15-6-4-5-7-17(15)27-3/h4-7,14H,8-13H2,1-3H3,(H4,21,22,23,24). The van der Waals surface area contributed by atoms with Gasteiger partial charge in [-0.3, -0.25) is 4.90 Å². The van der Waals surface area contributed by atoms with Crippen molar-refractivity contribution in [1.29, 1.82) is 0 Å². The van der Waals surface area contributed by atoms with Gasteiger partial charge in [-0.2, -0.15) is 0 Å². The fourth-order valence-corrected chi connectivity index (χ4v) is 4.27. The van der Waals surface area contributed by atoms with Gasteiger partial charge in [0.1, 0.15) is 17.4 Å². The van der Waals surface area contributed by atoms with Crippen LogP contribution in [0.4, 0.5) is 11.6 Å². The Morgan fingerprint density at radius 2 is 1.75 bits per heavy atom. The summed E-state index contributed by atoms with van der Waals surface area (Å²) >= 11 is 1.61. The summed E-state index contributed by atoms with van der Waals surface area (Å²) in [6.07, 6.45) is 0.546. The number of nitrogens with two attached hydrogens (primary N) is 2. The molecular weight excluding hydrogens is 372 g/mol. The van der Waals surface area contributed by atoms with E-state index in [9.17, 15) is 0 Å². The Bertz CT molecular complexity index is 771. The molecule has 0 amide bonds. The van der Waals surface area contributed by atoms with Gasteiger partial charge >= 0.3 is 0 Å². The molecule has 3 rings (SSSR count). The molecule has 152 valence electrons. The number of nitrogens with zero attached hydrogens (tertiary/aromatic N) is 4.